The fourth-order valence-corrected chi connectivity index (χ4v) is 3.58. The fraction of sp³-hybridized carbons (Fsp3) is 0.211. The van der Waals surface area contributed by atoms with Gasteiger partial charge in [0.15, 0.2) is 0 Å². The van der Waals surface area contributed by atoms with Crippen LogP contribution in [-0.2, 0) is 14.4 Å². The summed E-state index contributed by atoms with van der Waals surface area (Å²) in [5.74, 6) is -1.58. The van der Waals surface area contributed by atoms with Gasteiger partial charge in [0, 0.05) is 32.7 Å². The summed E-state index contributed by atoms with van der Waals surface area (Å²) >= 11 is 13.2. The highest BCUT2D eigenvalue weighted by atomic mass is 35.5. The van der Waals surface area contributed by atoms with Crippen LogP contribution in [0.15, 0.2) is 47.4 Å². The third kappa shape index (κ3) is 7.42. The number of halogens is 2. The number of carboxylic acids is 1. The minimum atomic E-state index is -1.02. The van der Waals surface area contributed by atoms with Gasteiger partial charge in [-0.05, 0) is 49.4 Å². The van der Waals surface area contributed by atoms with E-state index >= 15 is 0 Å². The maximum absolute atomic E-state index is 12.4. The van der Waals surface area contributed by atoms with Gasteiger partial charge >= 0.3 is 5.97 Å². The molecule has 1 atom stereocenters. The molecule has 0 aliphatic heterocycles. The average molecular weight is 441 g/mol. The van der Waals surface area contributed by atoms with Crippen molar-refractivity contribution in [3.63, 3.8) is 0 Å². The first-order chi connectivity index (χ1) is 13.2. The summed E-state index contributed by atoms with van der Waals surface area (Å²) in [5.41, 5.74) is 1.08. The molecule has 3 N–H and O–H groups in total. The molecule has 2 aromatic carbocycles. The van der Waals surface area contributed by atoms with E-state index in [4.69, 9.17) is 28.3 Å². The number of carboxylic acid groups (broad SMARTS) is 1. The maximum atomic E-state index is 12.4. The quantitative estimate of drug-likeness (QED) is 0.506. The van der Waals surface area contributed by atoms with E-state index in [1.807, 2.05) is 0 Å². The van der Waals surface area contributed by atoms with Crippen LogP contribution in [0.3, 0.4) is 0 Å². The summed E-state index contributed by atoms with van der Waals surface area (Å²) in [7, 11) is 0. The van der Waals surface area contributed by atoms with Gasteiger partial charge in [-0.3, -0.25) is 14.4 Å². The second-order valence-corrected chi connectivity index (χ2v) is 8.16. The Hall–Kier alpha value is -2.22. The first kappa shape index (κ1) is 22.1. The molecule has 0 radical (unpaired) electrons. The summed E-state index contributed by atoms with van der Waals surface area (Å²) < 4.78 is 0. The first-order valence-corrected chi connectivity index (χ1v) is 9.92. The molecule has 0 aliphatic rings. The summed E-state index contributed by atoms with van der Waals surface area (Å²) in [6.45, 7) is 1.77. The third-order valence-corrected chi connectivity index (χ3v) is 5.06. The molecule has 6 nitrogen and oxygen atoms in total. The van der Waals surface area contributed by atoms with E-state index in [0.29, 0.717) is 21.4 Å². The molecule has 9 heteroatoms. The Bertz CT molecular complexity index is 854. The molecule has 148 valence electrons. The van der Waals surface area contributed by atoms with E-state index in [0.717, 1.165) is 4.90 Å². The highest BCUT2D eigenvalue weighted by Crippen LogP contribution is 2.27. The molecule has 0 heterocycles. The van der Waals surface area contributed by atoms with E-state index in [1.54, 1.807) is 49.4 Å². The van der Waals surface area contributed by atoms with Crippen LogP contribution in [0.1, 0.15) is 19.8 Å². The van der Waals surface area contributed by atoms with Gasteiger partial charge in [0.05, 0.1) is 11.7 Å². The van der Waals surface area contributed by atoms with Crippen molar-refractivity contribution < 1.29 is 19.5 Å². The number of hydrogen-bond acceptors (Lipinski definition) is 4. The highest BCUT2D eigenvalue weighted by Gasteiger charge is 2.15. The van der Waals surface area contributed by atoms with Crippen LogP contribution >= 0.6 is 35.0 Å². The Morgan fingerprint density at radius 3 is 2.14 bits per heavy atom. The number of rotatable bonds is 8. The van der Waals surface area contributed by atoms with Crippen molar-refractivity contribution in [3.05, 3.63) is 52.5 Å². The molecule has 0 aromatic heterocycles. The molecular formula is C19H18Cl2N2O4S. The van der Waals surface area contributed by atoms with Gasteiger partial charge in [-0.2, -0.15) is 0 Å². The normalized spacial score (nSPS) is 11.5. The lowest BCUT2D eigenvalue weighted by molar-refractivity contribution is -0.138. The summed E-state index contributed by atoms with van der Waals surface area (Å²) in [4.78, 5) is 35.3. The zero-order valence-corrected chi connectivity index (χ0v) is 17.2. The van der Waals surface area contributed by atoms with Gasteiger partial charge in [0.2, 0.25) is 11.8 Å². The van der Waals surface area contributed by atoms with E-state index in [2.05, 4.69) is 10.6 Å². The zero-order chi connectivity index (χ0) is 20.7. The lowest BCUT2D eigenvalue weighted by Gasteiger charge is -2.13. The number of carbonyl (C=O) groups is 3. The molecular weight excluding hydrogens is 423 g/mol. The Labute approximate surface area is 176 Å². The van der Waals surface area contributed by atoms with Crippen molar-refractivity contribution in [2.45, 2.75) is 29.9 Å². The molecule has 0 saturated heterocycles. The third-order valence-electron chi connectivity index (χ3n) is 3.52. The Balaban J connectivity index is 1.89. The fourth-order valence-electron chi connectivity index (χ4n) is 2.19. The van der Waals surface area contributed by atoms with Crippen LogP contribution < -0.4 is 10.6 Å². The van der Waals surface area contributed by atoms with Crippen molar-refractivity contribution in [2.24, 2.45) is 0 Å². The number of thioether (sulfide) groups is 1. The van der Waals surface area contributed by atoms with Crippen LogP contribution in [0.5, 0.6) is 0 Å². The Kier molecular flexibility index (Phi) is 8.17. The van der Waals surface area contributed by atoms with E-state index in [9.17, 15) is 14.4 Å². The zero-order valence-electron chi connectivity index (χ0n) is 14.9. The van der Waals surface area contributed by atoms with Gasteiger partial charge in [-0.25, -0.2) is 0 Å². The number of nitrogens with one attached hydrogen (secondary N) is 2. The highest BCUT2D eigenvalue weighted by molar-refractivity contribution is 8.00. The Morgan fingerprint density at radius 1 is 0.964 bits per heavy atom. The second kappa shape index (κ2) is 10.4. The smallest absolute Gasteiger partial charge is 0.303 e. The summed E-state index contributed by atoms with van der Waals surface area (Å²) in [6, 6.07) is 11.8. The first-order valence-electron chi connectivity index (χ1n) is 8.28. The van der Waals surface area contributed by atoms with Gasteiger partial charge in [-0.1, -0.05) is 23.2 Å². The number of benzene rings is 2. The van der Waals surface area contributed by atoms with Crippen molar-refractivity contribution in [1.29, 1.82) is 0 Å². The molecule has 0 fully saturated rings. The molecule has 0 bridgehead atoms. The number of hydrogen-bond donors (Lipinski definition) is 3. The van der Waals surface area contributed by atoms with Crippen LogP contribution in [-0.4, -0.2) is 28.1 Å². The molecule has 0 spiro atoms. The van der Waals surface area contributed by atoms with Crippen LogP contribution in [0.25, 0.3) is 0 Å². The van der Waals surface area contributed by atoms with Crippen molar-refractivity contribution in [2.75, 3.05) is 10.6 Å². The van der Waals surface area contributed by atoms with Crippen LogP contribution in [0.2, 0.25) is 10.0 Å². The topological polar surface area (TPSA) is 95.5 Å². The lowest BCUT2D eigenvalue weighted by atomic mass is 10.2. The molecule has 1 unspecified atom stereocenters. The SMILES string of the molecule is CC(Sc1ccc(NC(=O)CCC(=O)O)cc1)C(=O)Nc1cc(Cl)cc(Cl)c1. The van der Waals surface area contributed by atoms with Crippen molar-refractivity contribution in [3.8, 4) is 0 Å². The number of anilines is 2. The van der Waals surface area contributed by atoms with Crippen LogP contribution in [0.4, 0.5) is 11.4 Å². The maximum Gasteiger partial charge on any atom is 0.303 e. The van der Waals surface area contributed by atoms with Gasteiger partial charge in [-0.15, -0.1) is 11.8 Å². The van der Waals surface area contributed by atoms with E-state index < -0.39 is 5.97 Å². The molecule has 2 aromatic rings. The predicted molar refractivity (Wildman–Crippen MR) is 112 cm³/mol. The summed E-state index contributed by atoms with van der Waals surface area (Å²) in [5, 5.41) is 14.5. The average Bonchev–Trinajstić information content (AvgIpc) is 2.60. The molecule has 2 rings (SSSR count). The largest absolute Gasteiger partial charge is 0.481 e. The van der Waals surface area contributed by atoms with Gasteiger partial charge in [0.1, 0.15) is 0 Å². The number of amides is 2. The molecule has 0 saturated carbocycles. The molecule has 28 heavy (non-hydrogen) atoms. The monoisotopic (exact) mass is 440 g/mol. The van der Waals surface area contributed by atoms with E-state index in [-0.39, 0.29) is 29.9 Å². The standard InChI is InChI=1S/C19H18Cl2N2O4S/c1-11(19(27)23-15-9-12(20)8-13(21)10-15)28-16-4-2-14(3-5-16)22-17(24)6-7-18(25)26/h2-5,8-11H,6-7H2,1H3,(H,22,24)(H,23,27)(H,25,26). The van der Waals surface area contributed by atoms with Crippen LogP contribution in [0, 0.1) is 0 Å². The number of aliphatic carboxylic acids is 1. The van der Waals surface area contributed by atoms with Gasteiger partial charge in [0.25, 0.3) is 0 Å². The second-order valence-electron chi connectivity index (χ2n) is 5.87. The minimum absolute atomic E-state index is 0.0867. The molecule has 0 aliphatic carbocycles. The van der Waals surface area contributed by atoms with Crippen molar-refractivity contribution >= 4 is 64.1 Å². The van der Waals surface area contributed by atoms with E-state index in [1.165, 1.54) is 11.8 Å². The summed E-state index contributed by atoms with van der Waals surface area (Å²) in [6.07, 6.45) is -0.305. The number of carbonyl (C=O) groups excluding carboxylic acids is 2. The van der Waals surface area contributed by atoms with Gasteiger partial charge < -0.3 is 15.7 Å². The lowest BCUT2D eigenvalue weighted by Crippen LogP contribution is -2.22. The predicted octanol–water partition coefficient (Wildman–Crippen LogP) is 4.92. The van der Waals surface area contributed by atoms with Crippen molar-refractivity contribution in [1.82, 2.24) is 0 Å². The Morgan fingerprint density at radius 2 is 1.57 bits per heavy atom. The molecule has 2 amide bonds. The minimum Gasteiger partial charge on any atom is -0.481 e.